The maximum Gasteiger partial charge on any atom is 0.229 e. The Hall–Kier alpha value is -0.850. The summed E-state index contributed by atoms with van der Waals surface area (Å²) in [7, 11) is -3.43. The lowest BCUT2D eigenvalue weighted by atomic mass is 10.1. The van der Waals surface area contributed by atoms with Crippen LogP contribution in [0.1, 0.15) is 11.7 Å². The van der Waals surface area contributed by atoms with Crippen LogP contribution in [0.25, 0.3) is 0 Å². The van der Waals surface area contributed by atoms with Crippen molar-refractivity contribution in [2.45, 2.75) is 6.10 Å². The molecule has 0 heterocycles. The zero-order valence-electron chi connectivity index (χ0n) is 8.44. The highest BCUT2D eigenvalue weighted by Crippen LogP contribution is 2.22. The molecule has 16 heavy (non-hydrogen) atoms. The topological polar surface area (TPSA) is 66.4 Å². The van der Waals surface area contributed by atoms with Crippen LogP contribution in [0.5, 0.6) is 0 Å². The van der Waals surface area contributed by atoms with E-state index in [-0.39, 0.29) is 17.1 Å². The number of aliphatic hydroxyl groups excluding tert-OH is 1. The molecule has 90 valence electrons. The number of sulfonamides is 1. The summed E-state index contributed by atoms with van der Waals surface area (Å²) in [5.74, 6) is -0.800. The Morgan fingerprint density at radius 2 is 2.19 bits per heavy atom. The quantitative estimate of drug-likeness (QED) is 0.812. The SMILES string of the molecule is CS(=O)(=O)Nc1ccc(F)c([C@@H](O)CCl)c1. The molecule has 0 aliphatic rings. The van der Waals surface area contributed by atoms with E-state index in [0.717, 1.165) is 12.3 Å². The van der Waals surface area contributed by atoms with Crippen LogP contribution in [0.2, 0.25) is 0 Å². The van der Waals surface area contributed by atoms with Crippen LogP contribution in [-0.2, 0) is 10.0 Å². The Bertz CT molecular complexity index is 478. The number of rotatable bonds is 4. The number of nitrogens with one attached hydrogen (secondary N) is 1. The van der Waals surface area contributed by atoms with E-state index in [1.807, 2.05) is 0 Å². The normalized spacial score (nSPS) is 13.5. The van der Waals surface area contributed by atoms with E-state index >= 15 is 0 Å². The van der Waals surface area contributed by atoms with Gasteiger partial charge in [-0.15, -0.1) is 11.6 Å². The zero-order chi connectivity index (χ0) is 12.3. The molecule has 0 aromatic heterocycles. The van der Waals surface area contributed by atoms with Crippen LogP contribution in [0.4, 0.5) is 10.1 Å². The number of halogens is 2. The van der Waals surface area contributed by atoms with Gasteiger partial charge in [0.2, 0.25) is 10.0 Å². The molecule has 1 aromatic rings. The summed E-state index contributed by atoms with van der Waals surface area (Å²) in [6.45, 7) is 0. The standard InChI is InChI=1S/C9H11ClFNO3S/c1-16(14,15)12-6-2-3-8(11)7(4-6)9(13)5-10/h2-4,9,12-13H,5H2,1H3/t9-/m0/s1. The molecule has 1 atom stereocenters. The minimum atomic E-state index is -3.43. The van der Waals surface area contributed by atoms with Gasteiger partial charge < -0.3 is 5.11 Å². The van der Waals surface area contributed by atoms with Gasteiger partial charge in [0.25, 0.3) is 0 Å². The highest BCUT2D eigenvalue weighted by atomic mass is 35.5. The number of benzene rings is 1. The van der Waals surface area contributed by atoms with Crippen LogP contribution < -0.4 is 4.72 Å². The van der Waals surface area contributed by atoms with E-state index in [1.165, 1.54) is 12.1 Å². The predicted octanol–water partition coefficient (Wildman–Crippen LogP) is 1.47. The third-order valence-corrected chi connectivity index (χ3v) is 2.70. The van der Waals surface area contributed by atoms with Gasteiger partial charge in [0.1, 0.15) is 5.82 Å². The second kappa shape index (κ2) is 4.99. The van der Waals surface area contributed by atoms with Crippen molar-refractivity contribution in [3.05, 3.63) is 29.6 Å². The Kier molecular flexibility index (Phi) is 4.12. The summed E-state index contributed by atoms with van der Waals surface area (Å²) in [6.07, 6.45) is -0.184. The Labute approximate surface area is 98.1 Å². The first-order valence-electron chi connectivity index (χ1n) is 4.35. The van der Waals surface area contributed by atoms with Crippen LogP contribution in [0.3, 0.4) is 0 Å². The molecule has 2 N–H and O–H groups in total. The van der Waals surface area contributed by atoms with Crippen molar-refractivity contribution in [1.82, 2.24) is 0 Å². The number of hydrogen-bond acceptors (Lipinski definition) is 3. The fraction of sp³-hybridized carbons (Fsp3) is 0.333. The maximum absolute atomic E-state index is 13.2. The number of anilines is 1. The van der Waals surface area contributed by atoms with Crippen molar-refractivity contribution in [3.63, 3.8) is 0 Å². The zero-order valence-corrected chi connectivity index (χ0v) is 10.0. The molecule has 0 fully saturated rings. The monoisotopic (exact) mass is 267 g/mol. The van der Waals surface area contributed by atoms with Crippen molar-refractivity contribution in [1.29, 1.82) is 0 Å². The molecule has 0 bridgehead atoms. The molecular formula is C9H11ClFNO3S. The molecular weight excluding hydrogens is 257 g/mol. The largest absolute Gasteiger partial charge is 0.387 e. The van der Waals surface area contributed by atoms with Gasteiger partial charge >= 0.3 is 0 Å². The first kappa shape index (κ1) is 13.2. The minimum Gasteiger partial charge on any atom is -0.387 e. The van der Waals surface area contributed by atoms with Crippen molar-refractivity contribution in [2.24, 2.45) is 0 Å². The van der Waals surface area contributed by atoms with E-state index in [4.69, 9.17) is 11.6 Å². The third-order valence-electron chi connectivity index (χ3n) is 1.80. The number of aliphatic hydroxyl groups is 1. The van der Waals surface area contributed by atoms with E-state index < -0.39 is 21.9 Å². The van der Waals surface area contributed by atoms with Crippen molar-refractivity contribution < 1.29 is 17.9 Å². The second-order valence-electron chi connectivity index (χ2n) is 3.28. The van der Waals surface area contributed by atoms with E-state index in [0.29, 0.717) is 0 Å². The van der Waals surface area contributed by atoms with Crippen LogP contribution in [-0.4, -0.2) is 25.7 Å². The maximum atomic E-state index is 13.2. The number of alkyl halides is 1. The van der Waals surface area contributed by atoms with Gasteiger partial charge in [0, 0.05) is 11.3 Å². The van der Waals surface area contributed by atoms with Gasteiger partial charge in [-0.25, -0.2) is 12.8 Å². The van der Waals surface area contributed by atoms with E-state index in [2.05, 4.69) is 4.72 Å². The lowest BCUT2D eigenvalue weighted by Gasteiger charge is -2.11. The van der Waals surface area contributed by atoms with Gasteiger partial charge in [0.05, 0.1) is 18.2 Å². The summed E-state index contributed by atoms with van der Waals surface area (Å²) in [4.78, 5) is 0. The molecule has 0 aliphatic carbocycles. The lowest BCUT2D eigenvalue weighted by Crippen LogP contribution is -2.11. The van der Waals surface area contributed by atoms with Crippen molar-refractivity contribution >= 4 is 27.3 Å². The summed E-state index contributed by atoms with van der Waals surface area (Å²) in [5.41, 5.74) is 0.145. The summed E-state index contributed by atoms with van der Waals surface area (Å²) < 4.78 is 37.3. The van der Waals surface area contributed by atoms with E-state index in [9.17, 15) is 17.9 Å². The molecule has 0 saturated carbocycles. The van der Waals surface area contributed by atoms with Crippen molar-refractivity contribution in [3.8, 4) is 0 Å². The second-order valence-corrected chi connectivity index (χ2v) is 5.34. The summed E-state index contributed by atoms with van der Waals surface area (Å²) in [6, 6.07) is 3.54. The molecule has 7 heteroatoms. The molecule has 0 unspecified atom stereocenters. The number of hydrogen-bond donors (Lipinski definition) is 2. The average molecular weight is 268 g/mol. The molecule has 4 nitrogen and oxygen atoms in total. The molecule has 0 spiro atoms. The highest BCUT2D eigenvalue weighted by Gasteiger charge is 2.13. The fourth-order valence-corrected chi connectivity index (χ4v) is 1.88. The van der Waals surface area contributed by atoms with Gasteiger partial charge in [-0.3, -0.25) is 4.72 Å². The average Bonchev–Trinajstić information content (AvgIpc) is 2.18. The van der Waals surface area contributed by atoms with Crippen molar-refractivity contribution in [2.75, 3.05) is 16.9 Å². The molecule has 0 saturated heterocycles. The predicted molar refractivity (Wildman–Crippen MR) is 60.5 cm³/mol. The Balaban J connectivity index is 3.07. The molecule has 0 radical (unpaired) electrons. The van der Waals surface area contributed by atoms with Crippen LogP contribution in [0.15, 0.2) is 18.2 Å². The first-order chi connectivity index (χ1) is 7.33. The third kappa shape index (κ3) is 3.62. The molecule has 0 amide bonds. The van der Waals surface area contributed by atoms with Crippen LogP contribution >= 0.6 is 11.6 Å². The van der Waals surface area contributed by atoms with Gasteiger partial charge in [0.15, 0.2) is 0 Å². The Morgan fingerprint density at radius 1 is 1.56 bits per heavy atom. The minimum absolute atomic E-state index is 0.0383. The molecule has 1 aromatic carbocycles. The van der Waals surface area contributed by atoms with Crippen LogP contribution in [0, 0.1) is 5.82 Å². The first-order valence-corrected chi connectivity index (χ1v) is 6.77. The highest BCUT2D eigenvalue weighted by molar-refractivity contribution is 7.92. The van der Waals surface area contributed by atoms with E-state index in [1.54, 1.807) is 0 Å². The van der Waals surface area contributed by atoms with Gasteiger partial charge in [-0.1, -0.05) is 0 Å². The summed E-state index contributed by atoms with van der Waals surface area (Å²) in [5, 5.41) is 9.38. The van der Waals surface area contributed by atoms with Gasteiger partial charge in [-0.2, -0.15) is 0 Å². The lowest BCUT2D eigenvalue weighted by molar-refractivity contribution is 0.197. The molecule has 0 aliphatic heterocycles. The smallest absolute Gasteiger partial charge is 0.229 e. The summed E-state index contributed by atoms with van der Waals surface area (Å²) >= 11 is 5.39. The van der Waals surface area contributed by atoms with Gasteiger partial charge in [-0.05, 0) is 18.2 Å². The fourth-order valence-electron chi connectivity index (χ4n) is 1.16. The Morgan fingerprint density at radius 3 is 2.69 bits per heavy atom. The molecule has 1 rings (SSSR count).